The SMILES string of the molecule is CC(C)N1C(=O)CC(=O)N(C(C)C)C1=O. The van der Waals surface area contributed by atoms with Crippen LogP contribution < -0.4 is 0 Å². The third kappa shape index (κ3) is 2.00. The van der Waals surface area contributed by atoms with E-state index >= 15 is 0 Å². The topological polar surface area (TPSA) is 57.7 Å². The third-order valence-electron chi connectivity index (χ3n) is 2.28. The molecule has 0 aromatic rings. The number of hydrogen-bond donors (Lipinski definition) is 0. The molecule has 0 spiro atoms. The maximum atomic E-state index is 11.8. The lowest BCUT2D eigenvalue weighted by molar-refractivity contribution is -0.144. The summed E-state index contributed by atoms with van der Waals surface area (Å²) in [7, 11) is 0. The Labute approximate surface area is 89.0 Å². The number of carbonyl (C=O) groups is 3. The van der Waals surface area contributed by atoms with Gasteiger partial charge in [-0.05, 0) is 27.7 Å². The van der Waals surface area contributed by atoms with Crippen LogP contribution in [-0.4, -0.2) is 39.7 Å². The van der Waals surface area contributed by atoms with Crippen molar-refractivity contribution in [3.8, 4) is 0 Å². The van der Waals surface area contributed by atoms with Crippen LogP contribution >= 0.6 is 0 Å². The summed E-state index contributed by atoms with van der Waals surface area (Å²) in [5.41, 5.74) is 0. The number of amides is 4. The molecular formula is C10H16N2O3. The fourth-order valence-corrected chi connectivity index (χ4v) is 1.65. The molecule has 5 heteroatoms. The highest BCUT2D eigenvalue weighted by Gasteiger charge is 2.40. The predicted molar refractivity (Wildman–Crippen MR) is 54.0 cm³/mol. The molecule has 1 saturated heterocycles. The van der Waals surface area contributed by atoms with Gasteiger partial charge in [0.15, 0.2) is 0 Å². The van der Waals surface area contributed by atoms with Gasteiger partial charge < -0.3 is 0 Å². The minimum atomic E-state index is -0.499. The van der Waals surface area contributed by atoms with E-state index in [1.807, 2.05) is 0 Å². The highest BCUT2D eigenvalue weighted by atomic mass is 16.2. The first-order valence-electron chi connectivity index (χ1n) is 5.04. The van der Waals surface area contributed by atoms with Crippen molar-refractivity contribution in [2.75, 3.05) is 0 Å². The number of nitrogens with zero attached hydrogens (tertiary/aromatic N) is 2. The van der Waals surface area contributed by atoms with E-state index in [2.05, 4.69) is 0 Å². The van der Waals surface area contributed by atoms with Gasteiger partial charge in [-0.1, -0.05) is 0 Å². The summed E-state index contributed by atoms with van der Waals surface area (Å²) in [5, 5.41) is 0. The Morgan fingerprint density at radius 2 is 1.20 bits per heavy atom. The molecule has 1 heterocycles. The zero-order valence-corrected chi connectivity index (χ0v) is 9.48. The zero-order chi connectivity index (χ0) is 11.7. The smallest absolute Gasteiger partial charge is 0.274 e. The predicted octanol–water partition coefficient (Wildman–Crippen LogP) is 0.984. The van der Waals surface area contributed by atoms with Gasteiger partial charge >= 0.3 is 6.03 Å². The van der Waals surface area contributed by atoms with Crippen molar-refractivity contribution in [3.05, 3.63) is 0 Å². The van der Waals surface area contributed by atoms with E-state index in [9.17, 15) is 14.4 Å². The molecule has 0 aromatic heterocycles. The minimum absolute atomic E-state index is 0.206. The van der Waals surface area contributed by atoms with Crippen LogP contribution in [0, 0.1) is 0 Å². The first kappa shape index (κ1) is 11.7. The molecule has 1 rings (SSSR count). The number of urea groups is 1. The molecule has 0 aliphatic carbocycles. The van der Waals surface area contributed by atoms with E-state index in [1.165, 1.54) is 0 Å². The summed E-state index contributed by atoms with van der Waals surface area (Å²) in [6.45, 7) is 7.02. The summed E-state index contributed by atoms with van der Waals surface area (Å²) < 4.78 is 0. The highest BCUT2D eigenvalue weighted by Crippen LogP contribution is 2.17. The molecule has 5 nitrogen and oxygen atoms in total. The van der Waals surface area contributed by atoms with E-state index in [1.54, 1.807) is 27.7 Å². The first-order valence-corrected chi connectivity index (χ1v) is 5.04. The molecule has 0 bridgehead atoms. The van der Waals surface area contributed by atoms with Crippen LogP contribution in [0.25, 0.3) is 0 Å². The minimum Gasteiger partial charge on any atom is -0.274 e. The van der Waals surface area contributed by atoms with Crippen molar-refractivity contribution < 1.29 is 14.4 Å². The van der Waals surface area contributed by atoms with Crippen LogP contribution in [0.5, 0.6) is 0 Å². The van der Waals surface area contributed by atoms with Gasteiger partial charge in [0.25, 0.3) is 0 Å². The van der Waals surface area contributed by atoms with Gasteiger partial charge in [0.2, 0.25) is 11.8 Å². The second-order valence-corrected chi connectivity index (χ2v) is 4.17. The molecule has 0 saturated carbocycles. The monoisotopic (exact) mass is 212 g/mol. The molecule has 0 unspecified atom stereocenters. The second-order valence-electron chi connectivity index (χ2n) is 4.17. The molecule has 1 aliphatic heterocycles. The Morgan fingerprint density at radius 3 is 1.47 bits per heavy atom. The van der Waals surface area contributed by atoms with Gasteiger partial charge in [-0.3, -0.25) is 19.4 Å². The van der Waals surface area contributed by atoms with Gasteiger partial charge in [-0.15, -0.1) is 0 Å². The third-order valence-corrected chi connectivity index (χ3v) is 2.28. The van der Waals surface area contributed by atoms with E-state index < -0.39 is 17.8 Å². The number of hydrogen-bond acceptors (Lipinski definition) is 3. The zero-order valence-electron chi connectivity index (χ0n) is 9.48. The van der Waals surface area contributed by atoms with Gasteiger partial charge in [0.05, 0.1) is 0 Å². The van der Waals surface area contributed by atoms with Crippen LogP contribution in [0.4, 0.5) is 4.79 Å². The average molecular weight is 212 g/mol. The van der Waals surface area contributed by atoms with Crippen molar-refractivity contribution in [3.63, 3.8) is 0 Å². The van der Waals surface area contributed by atoms with Crippen LogP contribution in [0.3, 0.4) is 0 Å². The first-order chi connectivity index (χ1) is 6.86. The number of carbonyl (C=O) groups excluding carboxylic acids is 3. The van der Waals surface area contributed by atoms with Crippen molar-refractivity contribution in [1.29, 1.82) is 0 Å². The number of imide groups is 2. The Balaban J connectivity index is 3.00. The molecule has 15 heavy (non-hydrogen) atoms. The van der Waals surface area contributed by atoms with Gasteiger partial charge in [0, 0.05) is 12.1 Å². The average Bonchev–Trinajstić information content (AvgIpc) is 1.99. The molecule has 0 radical (unpaired) electrons. The van der Waals surface area contributed by atoms with Crippen molar-refractivity contribution in [1.82, 2.24) is 9.80 Å². The van der Waals surface area contributed by atoms with E-state index in [0.717, 1.165) is 9.80 Å². The van der Waals surface area contributed by atoms with Gasteiger partial charge in [0.1, 0.15) is 6.42 Å². The lowest BCUT2D eigenvalue weighted by Crippen LogP contribution is -2.59. The number of rotatable bonds is 2. The Morgan fingerprint density at radius 1 is 0.867 bits per heavy atom. The maximum Gasteiger partial charge on any atom is 0.333 e. The fraction of sp³-hybridized carbons (Fsp3) is 0.700. The highest BCUT2D eigenvalue weighted by molar-refractivity contribution is 6.14. The van der Waals surface area contributed by atoms with E-state index in [-0.39, 0.29) is 18.5 Å². The number of barbiturate groups is 1. The van der Waals surface area contributed by atoms with E-state index in [4.69, 9.17) is 0 Å². The molecule has 84 valence electrons. The Bertz CT molecular complexity index is 282. The normalized spacial score (nSPS) is 18.4. The summed E-state index contributed by atoms with van der Waals surface area (Å²) >= 11 is 0. The van der Waals surface area contributed by atoms with E-state index in [0.29, 0.717) is 0 Å². The van der Waals surface area contributed by atoms with Crippen LogP contribution in [0.2, 0.25) is 0 Å². The van der Waals surface area contributed by atoms with Crippen molar-refractivity contribution in [2.45, 2.75) is 46.2 Å². The summed E-state index contributed by atoms with van der Waals surface area (Å²) in [6.07, 6.45) is -0.206. The van der Waals surface area contributed by atoms with Crippen LogP contribution in [0.15, 0.2) is 0 Å². The molecular weight excluding hydrogens is 196 g/mol. The summed E-state index contributed by atoms with van der Waals surface area (Å²) in [6, 6.07) is -0.917. The lowest BCUT2D eigenvalue weighted by atomic mass is 10.2. The Kier molecular flexibility index (Phi) is 3.12. The second kappa shape index (κ2) is 4.00. The van der Waals surface area contributed by atoms with Crippen molar-refractivity contribution >= 4 is 17.8 Å². The van der Waals surface area contributed by atoms with Crippen LogP contribution in [0.1, 0.15) is 34.1 Å². The molecule has 1 aliphatic rings. The fourth-order valence-electron chi connectivity index (χ4n) is 1.65. The molecule has 1 fully saturated rings. The summed E-state index contributed by atoms with van der Waals surface area (Å²) in [5.74, 6) is -0.811. The molecule has 0 atom stereocenters. The largest absolute Gasteiger partial charge is 0.333 e. The standard InChI is InChI=1S/C10H16N2O3/c1-6(2)11-8(13)5-9(14)12(7(3)4)10(11)15/h6-7H,5H2,1-4H3. The Hall–Kier alpha value is -1.39. The maximum absolute atomic E-state index is 11.8. The quantitative estimate of drug-likeness (QED) is 0.641. The summed E-state index contributed by atoms with van der Waals surface area (Å²) in [4.78, 5) is 37.1. The van der Waals surface area contributed by atoms with Crippen LogP contribution in [-0.2, 0) is 9.59 Å². The molecule has 4 amide bonds. The molecule has 0 N–H and O–H groups in total. The molecule has 0 aromatic carbocycles. The van der Waals surface area contributed by atoms with Gasteiger partial charge in [-0.2, -0.15) is 0 Å². The van der Waals surface area contributed by atoms with Gasteiger partial charge in [-0.25, -0.2) is 4.79 Å². The lowest BCUT2D eigenvalue weighted by Gasteiger charge is -2.36. The van der Waals surface area contributed by atoms with Crippen molar-refractivity contribution in [2.24, 2.45) is 0 Å².